The van der Waals surface area contributed by atoms with E-state index in [1.165, 1.54) is 0 Å². The molecular weight excluding hydrogens is 426 g/mol. The van der Waals surface area contributed by atoms with Gasteiger partial charge in [0.15, 0.2) is 5.58 Å². The normalized spacial score (nSPS) is 21.7. The summed E-state index contributed by atoms with van der Waals surface area (Å²) in [6.45, 7) is 5.63. The van der Waals surface area contributed by atoms with E-state index in [-0.39, 0.29) is 11.5 Å². The molecule has 1 aromatic heterocycles. The summed E-state index contributed by atoms with van der Waals surface area (Å²) >= 11 is 6.79. The number of hydrogen-bond acceptors (Lipinski definition) is 3. The maximum absolute atomic E-state index is 12.8. The molecule has 1 amide bonds. The van der Waals surface area contributed by atoms with Gasteiger partial charge in [0.25, 0.3) is 5.91 Å². The molecule has 1 saturated heterocycles. The molecule has 2 heterocycles. The zero-order valence-corrected chi connectivity index (χ0v) is 16.1. The van der Waals surface area contributed by atoms with Gasteiger partial charge in [-0.3, -0.25) is 4.79 Å². The van der Waals surface area contributed by atoms with E-state index in [0.29, 0.717) is 40.4 Å². The monoisotopic (exact) mass is 441 g/mol. The van der Waals surface area contributed by atoms with E-state index in [1.54, 1.807) is 17.0 Å². The van der Waals surface area contributed by atoms with Gasteiger partial charge in [-0.2, -0.15) is 0 Å². The fourth-order valence-electron chi connectivity index (χ4n) is 3.31. The van der Waals surface area contributed by atoms with Crippen LogP contribution in [0.25, 0.3) is 11.0 Å². The van der Waals surface area contributed by atoms with Crippen LogP contribution in [0.15, 0.2) is 36.4 Å². The number of halogens is 2. The summed E-state index contributed by atoms with van der Waals surface area (Å²) in [4.78, 5) is 26.8. The molecule has 1 fully saturated rings. The lowest BCUT2D eigenvalue weighted by atomic mass is 9.91. The highest BCUT2D eigenvalue weighted by molar-refractivity contribution is 9.11. The number of amides is 1. The average molecular weight is 443 g/mol. The Morgan fingerprint density at radius 1 is 1.17 bits per heavy atom. The Labute approximate surface area is 151 Å². The number of piperidine rings is 1. The second kappa shape index (κ2) is 6.40. The first kappa shape index (κ1) is 16.7. The van der Waals surface area contributed by atoms with E-state index in [2.05, 4.69) is 45.7 Å². The third kappa shape index (κ3) is 3.38. The fraction of sp³-hybridized carbons (Fsp3) is 0.412. The second-order valence-electron chi connectivity index (χ2n) is 6.41. The standard InChI is InChI=1S/C17H17Br2NO3/c1-9-3-10(2)8-20(7-9)16(21)13-5-11-4-12(18)6-14(19)15(11)23-17(13)22/h4-6,9-10H,3,7-8H2,1-2H3/t9-,10-/m1/s1. The number of nitrogens with zero attached hydrogens (tertiary/aromatic N) is 1. The fourth-order valence-corrected chi connectivity index (χ4v) is 4.64. The number of carbonyl (C=O) groups excluding carboxylic acids is 1. The van der Waals surface area contributed by atoms with Crippen LogP contribution in [-0.4, -0.2) is 23.9 Å². The minimum absolute atomic E-state index is 0.101. The van der Waals surface area contributed by atoms with Crippen molar-refractivity contribution in [3.05, 3.63) is 43.1 Å². The van der Waals surface area contributed by atoms with Crippen molar-refractivity contribution in [3.8, 4) is 0 Å². The van der Waals surface area contributed by atoms with Gasteiger partial charge in [-0.05, 0) is 52.4 Å². The minimum atomic E-state index is -0.587. The molecule has 0 aliphatic carbocycles. The van der Waals surface area contributed by atoms with Crippen LogP contribution < -0.4 is 5.63 Å². The largest absolute Gasteiger partial charge is 0.421 e. The zero-order valence-electron chi connectivity index (χ0n) is 12.9. The third-order valence-electron chi connectivity index (χ3n) is 4.14. The Hall–Kier alpha value is -1.14. The van der Waals surface area contributed by atoms with Gasteiger partial charge in [-0.25, -0.2) is 4.79 Å². The van der Waals surface area contributed by atoms with Crippen LogP contribution in [-0.2, 0) is 0 Å². The highest BCUT2D eigenvalue weighted by Gasteiger charge is 2.28. The molecule has 6 heteroatoms. The van der Waals surface area contributed by atoms with Crippen molar-refractivity contribution in [3.63, 3.8) is 0 Å². The Balaban J connectivity index is 2.04. The maximum Gasteiger partial charge on any atom is 0.349 e. The van der Waals surface area contributed by atoms with Crippen molar-refractivity contribution in [1.29, 1.82) is 0 Å². The molecule has 23 heavy (non-hydrogen) atoms. The second-order valence-corrected chi connectivity index (χ2v) is 8.18. The van der Waals surface area contributed by atoms with Gasteiger partial charge < -0.3 is 9.32 Å². The van der Waals surface area contributed by atoms with Crippen LogP contribution in [0.3, 0.4) is 0 Å². The van der Waals surface area contributed by atoms with Gasteiger partial charge in [0.05, 0.1) is 4.47 Å². The predicted molar refractivity (Wildman–Crippen MR) is 96.7 cm³/mol. The van der Waals surface area contributed by atoms with E-state index < -0.39 is 5.63 Å². The van der Waals surface area contributed by atoms with Crippen LogP contribution in [0.1, 0.15) is 30.6 Å². The molecule has 3 rings (SSSR count). The quantitative estimate of drug-likeness (QED) is 0.613. The molecule has 122 valence electrons. The molecule has 0 N–H and O–H groups in total. The summed E-state index contributed by atoms with van der Waals surface area (Å²) in [5.41, 5.74) is -0.0321. The van der Waals surface area contributed by atoms with Crippen LogP contribution in [0, 0.1) is 11.8 Å². The summed E-state index contributed by atoms with van der Waals surface area (Å²) in [6, 6.07) is 5.27. The van der Waals surface area contributed by atoms with Gasteiger partial charge in [0, 0.05) is 22.9 Å². The number of hydrogen-bond donors (Lipinski definition) is 0. The van der Waals surface area contributed by atoms with Gasteiger partial charge in [0.1, 0.15) is 5.56 Å². The molecule has 1 aliphatic heterocycles. The zero-order chi connectivity index (χ0) is 16.7. The van der Waals surface area contributed by atoms with Crippen molar-refractivity contribution in [2.24, 2.45) is 11.8 Å². The third-order valence-corrected chi connectivity index (χ3v) is 5.18. The van der Waals surface area contributed by atoms with Crippen molar-refractivity contribution >= 4 is 48.7 Å². The highest BCUT2D eigenvalue weighted by atomic mass is 79.9. The SMILES string of the molecule is C[C@@H]1C[C@@H](C)CN(C(=O)c2cc3cc(Br)cc(Br)c3oc2=O)C1. The van der Waals surface area contributed by atoms with E-state index in [0.717, 1.165) is 10.9 Å². The van der Waals surface area contributed by atoms with Crippen LogP contribution in [0.2, 0.25) is 0 Å². The first-order chi connectivity index (χ1) is 10.8. The molecule has 2 aromatic rings. The average Bonchev–Trinajstić information content (AvgIpc) is 2.46. The van der Waals surface area contributed by atoms with Gasteiger partial charge >= 0.3 is 5.63 Å². The predicted octanol–water partition coefficient (Wildman–Crippen LogP) is 4.44. The van der Waals surface area contributed by atoms with E-state index in [4.69, 9.17) is 4.42 Å². The summed E-state index contributed by atoms with van der Waals surface area (Å²) in [5, 5.41) is 0.715. The molecular formula is C17H17Br2NO3. The molecule has 0 radical (unpaired) electrons. The van der Waals surface area contributed by atoms with Gasteiger partial charge in [-0.1, -0.05) is 29.8 Å². The smallest absolute Gasteiger partial charge is 0.349 e. The Kier molecular flexibility index (Phi) is 4.65. The molecule has 1 aromatic carbocycles. The molecule has 4 nitrogen and oxygen atoms in total. The van der Waals surface area contributed by atoms with E-state index in [9.17, 15) is 9.59 Å². The lowest BCUT2D eigenvalue weighted by Crippen LogP contribution is -2.43. The van der Waals surface area contributed by atoms with Gasteiger partial charge in [-0.15, -0.1) is 0 Å². The molecule has 2 atom stereocenters. The van der Waals surface area contributed by atoms with E-state index in [1.807, 2.05) is 6.07 Å². The summed E-state index contributed by atoms with van der Waals surface area (Å²) < 4.78 is 6.90. The lowest BCUT2D eigenvalue weighted by Gasteiger charge is -2.34. The van der Waals surface area contributed by atoms with Crippen molar-refractivity contribution in [1.82, 2.24) is 4.90 Å². The van der Waals surface area contributed by atoms with Crippen molar-refractivity contribution in [2.75, 3.05) is 13.1 Å². The Morgan fingerprint density at radius 3 is 2.48 bits per heavy atom. The van der Waals surface area contributed by atoms with Crippen LogP contribution in [0.5, 0.6) is 0 Å². The number of rotatable bonds is 1. The van der Waals surface area contributed by atoms with Crippen molar-refractivity contribution < 1.29 is 9.21 Å². The first-order valence-electron chi connectivity index (χ1n) is 7.57. The maximum atomic E-state index is 12.8. The molecule has 0 spiro atoms. The summed E-state index contributed by atoms with van der Waals surface area (Å²) in [5.74, 6) is 0.645. The van der Waals surface area contributed by atoms with Crippen LogP contribution in [0.4, 0.5) is 0 Å². The summed E-state index contributed by atoms with van der Waals surface area (Å²) in [6.07, 6.45) is 1.11. The Morgan fingerprint density at radius 2 is 1.83 bits per heavy atom. The number of likely N-dealkylation sites (tertiary alicyclic amines) is 1. The summed E-state index contributed by atoms with van der Waals surface area (Å²) in [7, 11) is 0. The van der Waals surface area contributed by atoms with Crippen molar-refractivity contribution in [2.45, 2.75) is 20.3 Å². The number of carbonyl (C=O) groups is 1. The highest BCUT2D eigenvalue weighted by Crippen LogP contribution is 2.29. The topological polar surface area (TPSA) is 50.5 Å². The lowest BCUT2D eigenvalue weighted by molar-refractivity contribution is 0.0619. The Bertz CT molecular complexity index is 820. The first-order valence-corrected chi connectivity index (χ1v) is 9.16. The molecule has 0 saturated carbocycles. The number of benzene rings is 1. The van der Waals surface area contributed by atoms with Gasteiger partial charge in [0.2, 0.25) is 0 Å². The number of fused-ring (bicyclic) bond motifs is 1. The van der Waals surface area contributed by atoms with Crippen LogP contribution >= 0.6 is 31.9 Å². The molecule has 0 unspecified atom stereocenters. The minimum Gasteiger partial charge on any atom is -0.421 e. The molecule has 1 aliphatic rings. The molecule has 0 bridgehead atoms. The van der Waals surface area contributed by atoms with E-state index >= 15 is 0 Å².